The van der Waals surface area contributed by atoms with Crippen molar-refractivity contribution in [3.63, 3.8) is 0 Å². The maximum Gasteiger partial charge on any atom is 0.266 e. The number of fused-ring (bicyclic) bond motifs is 1. The minimum absolute atomic E-state index is 0.150. The number of hydrogen-bond donors (Lipinski definition) is 1. The molecule has 1 aromatic heterocycles. The zero-order valence-corrected chi connectivity index (χ0v) is 19.1. The highest BCUT2D eigenvalue weighted by molar-refractivity contribution is 14.1. The number of anilines is 1. The number of halogens is 1. The Labute approximate surface area is 191 Å². The fourth-order valence-corrected chi connectivity index (χ4v) is 4.27. The van der Waals surface area contributed by atoms with E-state index in [4.69, 9.17) is 4.98 Å². The highest BCUT2D eigenvalue weighted by atomic mass is 127. The van der Waals surface area contributed by atoms with Gasteiger partial charge >= 0.3 is 0 Å². The maximum absolute atomic E-state index is 13.2. The number of carbonyl (C=O) groups is 1. The van der Waals surface area contributed by atoms with Crippen molar-refractivity contribution in [3.05, 3.63) is 92.8 Å². The van der Waals surface area contributed by atoms with E-state index in [9.17, 15) is 9.59 Å². The van der Waals surface area contributed by atoms with Gasteiger partial charge < -0.3 is 5.32 Å². The van der Waals surface area contributed by atoms with Crippen molar-refractivity contribution in [2.24, 2.45) is 0 Å². The second-order valence-corrected chi connectivity index (χ2v) is 9.20. The fraction of sp³-hybridized carbons (Fsp3) is 0.0870. The topological polar surface area (TPSA) is 64.0 Å². The number of amides is 1. The standard InChI is InChI=1S/C23H18IN3O2S/c1-15(21(28)25-17-13-11-16(24)12-14-17)30-23-26-20-10-6-5-9-19(20)22(29)27(23)18-7-3-2-4-8-18/h2-15H,1H3,(H,25,28). The van der Waals surface area contributed by atoms with E-state index in [-0.39, 0.29) is 11.5 Å². The predicted octanol–water partition coefficient (Wildman–Crippen LogP) is 5.11. The zero-order chi connectivity index (χ0) is 21.1. The van der Waals surface area contributed by atoms with E-state index < -0.39 is 5.25 Å². The van der Waals surface area contributed by atoms with Gasteiger partial charge in [0.15, 0.2) is 5.16 Å². The van der Waals surface area contributed by atoms with Gasteiger partial charge in [-0.15, -0.1) is 0 Å². The van der Waals surface area contributed by atoms with E-state index in [1.807, 2.05) is 79.7 Å². The van der Waals surface area contributed by atoms with Gasteiger partial charge in [-0.05, 0) is 78.0 Å². The van der Waals surface area contributed by atoms with Crippen molar-refractivity contribution in [2.75, 3.05) is 5.32 Å². The largest absolute Gasteiger partial charge is 0.325 e. The van der Waals surface area contributed by atoms with Crippen molar-refractivity contribution in [2.45, 2.75) is 17.3 Å². The number of para-hydroxylation sites is 2. The summed E-state index contributed by atoms with van der Waals surface area (Å²) in [6, 6.07) is 24.2. The van der Waals surface area contributed by atoms with E-state index in [1.54, 1.807) is 10.6 Å². The summed E-state index contributed by atoms with van der Waals surface area (Å²) in [5.74, 6) is -0.150. The van der Waals surface area contributed by atoms with Crippen LogP contribution in [0.4, 0.5) is 5.69 Å². The van der Waals surface area contributed by atoms with Gasteiger partial charge in [0, 0.05) is 9.26 Å². The van der Waals surface area contributed by atoms with Crippen LogP contribution in [0.15, 0.2) is 88.8 Å². The van der Waals surface area contributed by atoms with E-state index in [0.717, 1.165) is 9.26 Å². The lowest BCUT2D eigenvalue weighted by atomic mass is 10.2. The molecular weight excluding hydrogens is 509 g/mol. The van der Waals surface area contributed by atoms with Gasteiger partial charge in [0.1, 0.15) is 0 Å². The first-order valence-electron chi connectivity index (χ1n) is 9.33. The van der Waals surface area contributed by atoms with Gasteiger partial charge in [-0.2, -0.15) is 0 Å². The first-order chi connectivity index (χ1) is 14.5. The molecule has 1 atom stereocenters. The molecule has 0 radical (unpaired) electrons. The Bertz CT molecular complexity index is 1260. The van der Waals surface area contributed by atoms with Gasteiger partial charge in [0.05, 0.1) is 21.8 Å². The summed E-state index contributed by atoms with van der Waals surface area (Å²) in [5, 5.41) is 3.50. The molecule has 4 aromatic rings. The van der Waals surface area contributed by atoms with Crippen LogP contribution in [0.25, 0.3) is 16.6 Å². The number of nitrogens with zero attached hydrogens (tertiary/aromatic N) is 2. The summed E-state index contributed by atoms with van der Waals surface area (Å²) >= 11 is 3.48. The van der Waals surface area contributed by atoms with E-state index >= 15 is 0 Å². The molecule has 0 aliphatic carbocycles. The van der Waals surface area contributed by atoms with Gasteiger partial charge in [0.25, 0.3) is 5.56 Å². The first kappa shape index (κ1) is 20.6. The average molecular weight is 527 g/mol. The van der Waals surface area contributed by atoms with Crippen LogP contribution in [0.5, 0.6) is 0 Å². The predicted molar refractivity (Wildman–Crippen MR) is 130 cm³/mol. The molecule has 1 N–H and O–H groups in total. The lowest BCUT2D eigenvalue weighted by Crippen LogP contribution is -2.26. The van der Waals surface area contributed by atoms with Crippen LogP contribution < -0.4 is 10.9 Å². The summed E-state index contributed by atoms with van der Waals surface area (Å²) in [4.78, 5) is 30.7. The average Bonchev–Trinajstić information content (AvgIpc) is 2.76. The number of nitrogens with one attached hydrogen (secondary N) is 1. The van der Waals surface area contributed by atoms with Crippen molar-refractivity contribution < 1.29 is 4.79 Å². The number of carbonyl (C=O) groups excluding carboxylic acids is 1. The van der Waals surface area contributed by atoms with Gasteiger partial charge in [0.2, 0.25) is 5.91 Å². The Hall–Kier alpha value is -2.65. The van der Waals surface area contributed by atoms with Crippen molar-refractivity contribution in [3.8, 4) is 5.69 Å². The molecule has 150 valence electrons. The Morgan fingerprint density at radius 3 is 2.40 bits per heavy atom. The van der Waals surface area contributed by atoms with E-state index in [1.165, 1.54) is 11.8 Å². The fourth-order valence-electron chi connectivity index (χ4n) is 2.98. The SMILES string of the molecule is CC(Sc1nc2ccccc2c(=O)n1-c1ccccc1)C(=O)Nc1ccc(I)cc1. The van der Waals surface area contributed by atoms with Gasteiger partial charge in [-0.1, -0.05) is 42.1 Å². The minimum Gasteiger partial charge on any atom is -0.325 e. The third-order valence-electron chi connectivity index (χ3n) is 4.52. The summed E-state index contributed by atoms with van der Waals surface area (Å²) < 4.78 is 2.67. The Kier molecular flexibility index (Phi) is 6.19. The molecule has 0 spiro atoms. The molecule has 0 fully saturated rings. The molecule has 1 unspecified atom stereocenters. The lowest BCUT2D eigenvalue weighted by molar-refractivity contribution is -0.115. The third kappa shape index (κ3) is 4.41. The van der Waals surface area contributed by atoms with E-state index in [0.29, 0.717) is 21.7 Å². The zero-order valence-electron chi connectivity index (χ0n) is 16.1. The number of benzene rings is 3. The lowest BCUT2D eigenvalue weighted by Gasteiger charge is -2.16. The number of aromatic nitrogens is 2. The molecule has 4 rings (SSSR count). The first-order valence-corrected chi connectivity index (χ1v) is 11.3. The molecule has 0 bridgehead atoms. The third-order valence-corrected chi connectivity index (χ3v) is 6.29. The molecule has 0 aliphatic rings. The van der Waals surface area contributed by atoms with Crippen LogP contribution in [0.2, 0.25) is 0 Å². The molecule has 3 aromatic carbocycles. The van der Waals surface area contributed by atoms with Crippen molar-refractivity contribution >= 4 is 56.9 Å². The van der Waals surface area contributed by atoms with Crippen LogP contribution in [0.1, 0.15) is 6.92 Å². The van der Waals surface area contributed by atoms with Crippen LogP contribution in [0.3, 0.4) is 0 Å². The molecule has 0 saturated heterocycles. The summed E-state index contributed by atoms with van der Waals surface area (Å²) in [7, 11) is 0. The summed E-state index contributed by atoms with van der Waals surface area (Å²) in [6.45, 7) is 1.81. The summed E-state index contributed by atoms with van der Waals surface area (Å²) in [5.41, 5.74) is 1.91. The quantitative estimate of drug-likeness (QED) is 0.223. The molecular formula is C23H18IN3O2S. The Balaban J connectivity index is 1.69. The normalized spacial score (nSPS) is 11.9. The monoisotopic (exact) mass is 527 g/mol. The van der Waals surface area contributed by atoms with Crippen molar-refractivity contribution in [1.29, 1.82) is 0 Å². The van der Waals surface area contributed by atoms with Crippen LogP contribution in [-0.4, -0.2) is 20.7 Å². The second-order valence-electron chi connectivity index (χ2n) is 6.64. The highest BCUT2D eigenvalue weighted by Gasteiger charge is 2.20. The number of hydrogen-bond acceptors (Lipinski definition) is 4. The molecule has 1 amide bonds. The second kappa shape index (κ2) is 9.01. The molecule has 0 aliphatic heterocycles. The van der Waals surface area contributed by atoms with Crippen LogP contribution >= 0.6 is 34.4 Å². The molecule has 5 nitrogen and oxygen atoms in total. The molecule has 0 saturated carbocycles. The smallest absolute Gasteiger partial charge is 0.266 e. The van der Waals surface area contributed by atoms with Gasteiger partial charge in [-0.3, -0.25) is 14.2 Å². The van der Waals surface area contributed by atoms with Crippen LogP contribution in [-0.2, 0) is 4.79 Å². The van der Waals surface area contributed by atoms with Crippen LogP contribution in [0, 0.1) is 3.57 Å². The maximum atomic E-state index is 13.2. The Morgan fingerprint density at radius 2 is 1.67 bits per heavy atom. The number of thioether (sulfide) groups is 1. The number of rotatable bonds is 5. The minimum atomic E-state index is -0.452. The highest BCUT2D eigenvalue weighted by Crippen LogP contribution is 2.26. The molecule has 1 heterocycles. The van der Waals surface area contributed by atoms with E-state index in [2.05, 4.69) is 27.9 Å². The molecule has 30 heavy (non-hydrogen) atoms. The van der Waals surface area contributed by atoms with Crippen molar-refractivity contribution in [1.82, 2.24) is 9.55 Å². The Morgan fingerprint density at radius 1 is 1.00 bits per heavy atom. The molecule has 7 heteroatoms. The van der Waals surface area contributed by atoms with Gasteiger partial charge in [-0.25, -0.2) is 4.98 Å². The summed E-state index contributed by atoms with van der Waals surface area (Å²) in [6.07, 6.45) is 0.